The fourth-order valence-corrected chi connectivity index (χ4v) is 6.24. The summed E-state index contributed by atoms with van der Waals surface area (Å²) in [5.41, 5.74) is 6.08. The maximum absolute atomic E-state index is 12.5. The van der Waals surface area contributed by atoms with E-state index in [2.05, 4.69) is 37.3 Å². The maximum Gasteiger partial charge on any atom is 0.225 e. The summed E-state index contributed by atoms with van der Waals surface area (Å²) in [6.45, 7) is 2.93. The van der Waals surface area contributed by atoms with Crippen LogP contribution in [0, 0.1) is 5.92 Å². The van der Waals surface area contributed by atoms with Crippen LogP contribution in [0.1, 0.15) is 34.4 Å². The summed E-state index contributed by atoms with van der Waals surface area (Å²) in [7, 11) is 3.68. The highest BCUT2D eigenvalue weighted by Gasteiger charge is 2.30. The molecule has 7 nitrogen and oxygen atoms in total. The van der Waals surface area contributed by atoms with Crippen molar-refractivity contribution in [2.24, 2.45) is 10.9 Å². The normalized spacial score (nSPS) is 18.9. The minimum absolute atomic E-state index is 0.0592. The predicted octanol–water partition coefficient (Wildman–Crippen LogP) is 3.77. The van der Waals surface area contributed by atoms with Crippen LogP contribution in [0.5, 0.6) is 0 Å². The van der Waals surface area contributed by atoms with Crippen molar-refractivity contribution in [3.8, 4) is 0 Å². The molecule has 1 amide bonds. The zero-order valence-electron chi connectivity index (χ0n) is 18.4. The van der Waals surface area contributed by atoms with Gasteiger partial charge in [-0.25, -0.2) is 9.97 Å². The van der Waals surface area contributed by atoms with Gasteiger partial charge in [0.25, 0.3) is 0 Å². The molecule has 1 fully saturated rings. The van der Waals surface area contributed by atoms with Crippen LogP contribution in [0.4, 0.5) is 17.2 Å². The Balaban J connectivity index is 1.39. The fraction of sp³-hybridized carbons (Fsp3) is 0.417. The van der Waals surface area contributed by atoms with Crippen molar-refractivity contribution in [1.29, 1.82) is 0 Å². The smallest absolute Gasteiger partial charge is 0.225 e. The van der Waals surface area contributed by atoms with Gasteiger partial charge in [-0.3, -0.25) is 9.79 Å². The topological polar surface area (TPSA) is 73.7 Å². The van der Waals surface area contributed by atoms with Gasteiger partial charge in [-0.2, -0.15) is 0 Å². The van der Waals surface area contributed by atoms with E-state index >= 15 is 0 Å². The Hall–Kier alpha value is -3.00. The second kappa shape index (κ2) is 7.55. The van der Waals surface area contributed by atoms with E-state index < -0.39 is 0 Å². The third kappa shape index (κ3) is 3.16. The van der Waals surface area contributed by atoms with Gasteiger partial charge in [0.15, 0.2) is 0 Å². The largest absolute Gasteiger partial charge is 0.370 e. The van der Waals surface area contributed by atoms with Crippen molar-refractivity contribution < 1.29 is 4.79 Å². The number of aryl methyl sites for hydroxylation is 1. The molecule has 0 saturated carbocycles. The van der Waals surface area contributed by atoms with Gasteiger partial charge in [0, 0.05) is 44.2 Å². The van der Waals surface area contributed by atoms with Gasteiger partial charge in [-0.15, -0.1) is 11.3 Å². The van der Waals surface area contributed by atoms with E-state index in [9.17, 15) is 4.79 Å². The van der Waals surface area contributed by atoms with Crippen molar-refractivity contribution in [2.75, 3.05) is 37.4 Å². The first-order valence-corrected chi connectivity index (χ1v) is 12.1. The minimum atomic E-state index is 0.0592. The average molecular weight is 447 g/mol. The molecule has 1 aromatic carbocycles. The molecule has 1 N–H and O–H groups in total. The van der Waals surface area contributed by atoms with Crippen LogP contribution < -0.4 is 10.2 Å². The SMILES string of the molecule is CN(C)C(=O)[C@H]1CCc2c(sc3ncnc(Nc4cc5c(cc4N4CCC4)CN=C5)c23)C1. The van der Waals surface area contributed by atoms with E-state index in [1.807, 2.05) is 20.3 Å². The number of carbonyl (C=O) groups excluding carboxylic acids is 1. The highest BCUT2D eigenvalue weighted by atomic mass is 32.1. The Kier molecular flexibility index (Phi) is 4.64. The first kappa shape index (κ1) is 19.7. The molecule has 3 aromatic rings. The number of aliphatic imine (C=N–C) groups is 1. The van der Waals surface area contributed by atoms with E-state index in [-0.39, 0.29) is 11.8 Å². The summed E-state index contributed by atoms with van der Waals surface area (Å²) in [6.07, 6.45) is 7.39. The Morgan fingerprint density at radius 3 is 2.91 bits per heavy atom. The van der Waals surface area contributed by atoms with E-state index in [4.69, 9.17) is 0 Å². The Morgan fingerprint density at radius 2 is 2.12 bits per heavy atom. The van der Waals surface area contributed by atoms with Gasteiger partial charge in [0.1, 0.15) is 17.0 Å². The number of thiophene rings is 1. The molecule has 1 saturated heterocycles. The van der Waals surface area contributed by atoms with Crippen molar-refractivity contribution in [2.45, 2.75) is 32.2 Å². The number of hydrogen-bond acceptors (Lipinski definition) is 7. The van der Waals surface area contributed by atoms with Gasteiger partial charge in [-0.05, 0) is 54.5 Å². The molecule has 1 aliphatic carbocycles. The summed E-state index contributed by atoms with van der Waals surface area (Å²) < 4.78 is 0. The fourth-order valence-electron chi connectivity index (χ4n) is 4.98. The highest BCUT2D eigenvalue weighted by molar-refractivity contribution is 7.19. The van der Waals surface area contributed by atoms with Gasteiger partial charge >= 0.3 is 0 Å². The Morgan fingerprint density at radius 1 is 1.25 bits per heavy atom. The molecule has 8 heteroatoms. The number of aromatic nitrogens is 2. The zero-order valence-corrected chi connectivity index (χ0v) is 19.2. The predicted molar refractivity (Wildman–Crippen MR) is 129 cm³/mol. The molecule has 2 aliphatic heterocycles. The number of nitrogens with zero attached hydrogens (tertiary/aromatic N) is 5. The highest BCUT2D eigenvalue weighted by Crippen LogP contribution is 2.42. The van der Waals surface area contributed by atoms with Gasteiger partial charge in [0.2, 0.25) is 5.91 Å². The van der Waals surface area contributed by atoms with Gasteiger partial charge < -0.3 is 15.1 Å². The third-order valence-corrected chi connectivity index (χ3v) is 8.00. The zero-order chi connectivity index (χ0) is 21.8. The molecule has 2 aromatic heterocycles. The van der Waals surface area contributed by atoms with Gasteiger partial charge in [-0.1, -0.05) is 0 Å². The summed E-state index contributed by atoms with van der Waals surface area (Å²) in [5, 5.41) is 4.78. The van der Waals surface area contributed by atoms with E-state index in [0.29, 0.717) is 0 Å². The summed E-state index contributed by atoms with van der Waals surface area (Å²) in [4.78, 5) is 32.6. The second-order valence-corrected chi connectivity index (χ2v) is 10.2. The number of benzene rings is 1. The molecule has 0 bridgehead atoms. The summed E-state index contributed by atoms with van der Waals surface area (Å²) >= 11 is 1.71. The van der Waals surface area contributed by atoms with Crippen LogP contribution in [-0.4, -0.2) is 54.2 Å². The van der Waals surface area contributed by atoms with Crippen molar-refractivity contribution in [1.82, 2.24) is 14.9 Å². The van der Waals surface area contributed by atoms with Crippen LogP contribution >= 0.6 is 11.3 Å². The third-order valence-electron chi connectivity index (χ3n) is 6.83. The van der Waals surface area contributed by atoms with E-state index in [1.165, 1.54) is 33.7 Å². The van der Waals surface area contributed by atoms with Gasteiger partial charge in [0.05, 0.1) is 23.3 Å². The number of rotatable bonds is 4. The Bertz CT molecular complexity index is 1260. The van der Waals surface area contributed by atoms with Crippen LogP contribution in [-0.2, 0) is 24.2 Å². The van der Waals surface area contributed by atoms with Crippen molar-refractivity contribution >= 4 is 50.9 Å². The molecule has 32 heavy (non-hydrogen) atoms. The lowest BCUT2D eigenvalue weighted by Crippen LogP contribution is -2.37. The quantitative estimate of drug-likeness (QED) is 0.660. The molecular weight excluding hydrogens is 420 g/mol. The first-order chi connectivity index (χ1) is 15.6. The average Bonchev–Trinajstić information content (AvgIpc) is 3.35. The lowest BCUT2D eigenvalue weighted by atomic mass is 9.87. The molecule has 0 spiro atoms. The maximum atomic E-state index is 12.5. The van der Waals surface area contributed by atoms with Crippen LogP contribution in [0.2, 0.25) is 0 Å². The Labute approximate surface area is 191 Å². The molecule has 0 radical (unpaired) electrons. The van der Waals surface area contributed by atoms with Crippen LogP contribution in [0.15, 0.2) is 23.5 Å². The summed E-state index contributed by atoms with van der Waals surface area (Å²) in [6, 6.07) is 4.49. The summed E-state index contributed by atoms with van der Waals surface area (Å²) in [5.74, 6) is 1.14. The molecule has 164 valence electrons. The molecule has 1 atom stereocenters. The van der Waals surface area contributed by atoms with Crippen molar-refractivity contribution in [3.63, 3.8) is 0 Å². The monoisotopic (exact) mass is 446 g/mol. The molecule has 6 rings (SSSR count). The number of nitrogens with one attached hydrogen (secondary N) is 1. The standard InChI is InChI=1S/C24H26N6OS/c1-29(2)24(31)14-4-5-17-20(10-14)32-23-21(17)22(26-13-27-23)28-18-8-15-11-25-12-16(15)9-19(18)30-6-3-7-30/h8-9,11,13-14H,3-7,10,12H2,1-2H3,(H,26,27,28)/t14-/m0/s1. The van der Waals surface area contributed by atoms with Crippen molar-refractivity contribution in [3.05, 3.63) is 40.0 Å². The molecule has 0 unspecified atom stereocenters. The van der Waals surface area contributed by atoms with E-state index in [1.54, 1.807) is 22.6 Å². The van der Waals surface area contributed by atoms with E-state index in [0.717, 1.165) is 60.6 Å². The number of carbonyl (C=O) groups is 1. The number of amides is 1. The van der Waals surface area contributed by atoms with Crippen LogP contribution in [0.3, 0.4) is 0 Å². The van der Waals surface area contributed by atoms with Crippen LogP contribution in [0.25, 0.3) is 10.2 Å². The molecule has 4 heterocycles. The number of hydrogen-bond donors (Lipinski definition) is 1. The first-order valence-electron chi connectivity index (χ1n) is 11.2. The number of anilines is 3. The molecule has 3 aliphatic rings. The lowest BCUT2D eigenvalue weighted by Gasteiger charge is -2.35. The molecular formula is C24H26N6OS. The second-order valence-electron chi connectivity index (χ2n) is 9.08. The minimum Gasteiger partial charge on any atom is -0.370 e. The number of fused-ring (bicyclic) bond motifs is 4. The lowest BCUT2D eigenvalue weighted by molar-refractivity contribution is -0.133.